The minimum absolute atomic E-state index is 0.0835. The van der Waals surface area contributed by atoms with E-state index in [1.54, 1.807) is 23.7 Å². The predicted octanol–water partition coefficient (Wildman–Crippen LogP) is 3.20. The molecule has 0 saturated carbocycles. The van der Waals surface area contributed by atoms with Gasteiger partial charge in [0, 0.05) is 12.8 Å². The molecule has 3 aromatic heterocycles. The molecule has 6 nitrogen and oxygen atoms in total. The first-order chi connectivity index (χ1) is 10.7. The van der Waals surface area contributed by atoms with Crippen LogP contribution in [0.15, 0.2) is 44.8 Å². The van der Waals surface area contributed by atoms with Crippen LogP contribution >= 0.6 is 11.3 Å². The van der Waals surface area contributed by atoms with Crippen LogP contribution in [0.2, 0.25) is 0 Å². The molecule has 114 valence electrons. The second kappa shape index (κ2) is 6.57. The van der Waals surface area contributed by atoms with Gasteiger partial charge in [-0.15, -0.1) is 11.3 Å². The number of aromatic nitrogens is 2. The van der Waals surface area contributed by atoms with E-state index in [9.17, 15) is 4.79 Å². The molecule has 3 rings (SSSR count). The largest absolute Gasteiger partial charge is 0.467 e. The summed E-state index contributed by atoms with van der Waals surface area (Å²) in [5.74, 6) is 1.67. The molecule has 1 atom stereocenters. The number of aryl methyl sites for hydroxylation is 1. The number of nitrogens with zero attached hydrogens (tertiary/aromatic N) is 2. The van der Waals surface area contributed by atoms with Gasteiger partial charge < -0.3 is 14.3 Å². The Morgan fingerprint density at radius 2 is 2.32 bits per heavy atom. The number of nitrogens with one attached hydrogen (secondary N) is 1. The van der Waals surface area contributed by atoms with Crippen LogP contribution in [0.5, 0.6) is 0 Å². The topological polar surface area (TPSA) is 81.2 Å². The number of carbonyl (C=O) groups is 1. The quantitative estimate of drug-likeness (QED) is 0.755. The summed E-state index contributed by atoms with van der Waals surface area (Å²) in [7, 11) is 0. The van der Waals surface area contributed by atoms with Crippen molar-refractivity contribution in [2.45, 2.75) is 25.8 Å². The number of furan rings is 1. The van der Waals surface area contributed by atoms with E-state index in [0.717, 1.165) is 10.6 Å². The van der Waals surface area contributed by atoms with Gasteiger partial charge in [-0.25, -0.2) is 0 Å². The van der Waals surface area contributed by atoms with Crippen LogP contribution in [0, 0.1) is 0 Å². The fraction of sp³-hybridized carbons (Fsp3) is 0.267. The van der Waals surface area contributed by atoms with Crippen molar-refractivity contribution in [3.8, 4) is 10.7 Å². The van der Waals surface area contributed by atoms with Crippen molar-refractivity contribution in [3.05, 3.63) is 47.6 Å². The summed E-state index contributed by atoms with van der Waals surface area (Å²) in [5.41, 5.74) is 0. The molecular weight excluding hydrogens is 302 g/mol. The maximum atomic E-state index is 11.9. The molecular formula is C15H15N3O3S. The smallest absolute Gasteiger partial charge is 0.227 e. The lowest BCUT2D eigenvalue weighted by Gasteiger charge is -2.10. The fourth-order valence-corrected chi connectivity index (χ4v) is 2.65. The summed E-state index contributed by atoms with van der Waals surface area (Å²) in [6.45, 7) is 1.87. The number of carbonyl (C=O) groups excluding carboxylic acids is 1. The van der Waals surface area contributed by atoms with Gasteiger partial charge in [0.2, 0.25) is 17.6 Å². The molecule has 0 aliphatic heterocycles. The van der Waals surface area contributed by atoms with Gasteiger partial charge in [0.05, 0.1) is 17.2 Å². The van der Waals surface area contributed by atoms with E-state index < -0.39 is 0 Å². The van der Waals surface area contributed by atoms with E-state index in [0.29, 0.717) is 18.1 Å². The Morgan fingerprint density at radius 1 is 1.41 bits per heavy atom. The van der Waals surface area contributed by atoms with Crippen LogP contribution in [0.3, 0.4) is 0 Å². The van der Waals surface area contributed by atoms with E-state index >= 15 is 0 Å². The van der Waals surface area contributed by atoms with Crippen LogP contribution < -0.4 is 5.32 Å². The van der Waals surface area contributed by atoms with Crippen molar-refractivity contribution >= 4 is 17.2 Å². The third-order valence-corrected chi connectivity index (χ3v) is 3.99. The normalized spacial score (nSPS) is 12.2. The highest BCUT2D eigenvalue weighted by Gasteiger charge is 2.14. The number of amides is 1. The van der Waals surface area contributed by atoms with Crippen molar-refractivity contribution in [2.75, 3.05) is 0 Å². The number of hydrogen-bond donors (Lipinski definition) is 1. The molecule has 1 unspecified atom stereocenters. The summed E-state index contributed by atoms with van der Waals surface area (Å²) in [5, 5.41) is 8.74. The average molecular weight is 317 g/mol. The van der Waals surface area contributed by atoms with Gasteiger partial charge in [-0.2, -0.15) is 4.98 Å². The van der Waals surface area contributed by atoms with Crippen LogP contribution in [-0.4, -0.2) is 16.0 Å². The lowest BCUT2D eigenvalue weighted by Crippen LogP contribution is -2.26. The highest BCUT2D eigenvalue weighted by Crippen LogP contribution is 2.21. The molecule has 0 aromatic carbocycles. The van der Waals surface area contributed by atoms with Crippen molar-refractivity contribution in [2.24, 2.45) is 0 Å². The predicted molar refractivity (Wildman–Crippen MR) is 81.2 cm³/mol. The first kappa shape index (κ1) is 14.5. The number of hydrogen-bond acceptors (Lipinski definition) is 6. The highest BCUT2D eigenvalue weighted by atomic mass is 32.1. The van der Waals surface area contributed by atoms with Gasteiger partial charge >= 0.3 is 0 Å². The van der Waals surface area contributed by atoms with E-state index in [1.807, 2.05) is 30.5 Å². The molecule has 7 heteroatoms. The molecule has 0 aliphatic carbocycles. The molecule has 0 saturated heterocycles. The Hall–Kier alpha value is -2.41. The molecule has 0 fully saturated rings. The van der Waals surface area contributed by atoms with E-state index in [2.05, 4.69) is 15.5 Å². The van der Waals surface area contributed by atoms with Crippen LogP contribution in [0.4, 0.5) is 0 Å². The van der Waals surface area contributed by atoms with Gasteiger partial charge in [0.15, 0.2) is 0 Å². The van der Waals surface area contributed by atoms with Crippen molar-refractivity contribution in [1.29, 1.82) is 0 Å². The minimum Gasteiger partial charge on any atom is -0.467 e. The summed E-state index contributed by atoms with van der Waals surface area (Å²) >= 11 is 1.55. The molecule has 0 bridgehead atoms. The van der Waals surface area contributed by atoms with Gasteiger partial charge in [-0.1, -0.05) is 11.2 Å². The third-order valence-electron chi connectivity index (χ3n) is 3.12. The maximum Gasteiger partial charge on any atom is 0.227 e. The first-order valence-electron chi connectivity index (χ1n) is 6.91. The molecule has 0 radical (unpaired) electrons. The first-order valence-corrected chi connectivity index (χ1v) is 7.79. The second-order valence-corrected chi connectivity index (χ2v) is 5.74. The maximum absolute atomic E-state index is 11.9. The molecule has 0 spiro atoms. The molecule has 3 heterocycles. The van der Waals surface area contributed by atoms with E-state index in [1.165, 1.54) is 0 Å². The zero-order valence-corrected chi connectivity index (χ0v) is 12.8. The zero-order chi connectivity index (χ0) is 15.4. The Bertz CT molecular complexity index is 719. The lowest BCUT2D eigenvalue weighted by molar-refractivity contribution is -0.121. The SMILES string of the molecule is CC(NC(=O)CCc1nc(-c2cccs2)no1)c1ccco1. The van der Waals surface area contributed by atoms with Gasteiger partial charge in [0.1, 0.15) is 5.76 Å². The van der Waals surface area contributed by atoms with E-state index in [4.69, 9.17) is 8.94 Å². The average Bonchev–Trinajstić information content (AvgIpc) is 3.25. The summed E-state index contributed by atoms with van der Waals surface area (Å²) in [6.07, 6.45) is 2.29. The zero-order valence-electron chi connectivity index (χ0n) is 12.0. The monoisotopic (exact) mass is 317 g/mol. The summed E-state index contributed by atoms with van der Waals surface area (Å²) < 4.78 is 10.4. The minimum atomic E-state index is -0.160. The standard InChI is InChI=1S/C15H15N3O3S/c1-10(11-4-2-8-20-11)16-13(19)6-7-14-17-15(18-21-14)12-5-3-9-22-12/h2-5,8-10H,6-7H2,1H3,(H,16,19). The van der Waals surface area contributed by atoms with Crippen LogP contribution in [0.25, 0.3) is 10.7 Å². The molecule has 3 aromatic rings. The van der Waals surface area contributed by atoms with Crippen molar-refractivity contribution in [1.82, 2.24) is 15.5 Å². The second-order valence-electron chi connectivity index (χ2n) is 4.79. The Balaban J connectivity index is 1.51. The highest BCUT2D eigenvalue weighted by molar-refractivity contribution is 7.13. The van der Waals surface area contributed by atoms with Gasteiger partial charge in [0.25, 0.3) is 0 Å². The molecule has 0 aliphatic rings. The van der Waals surface area contributed by atoms with Gasteiger partial charge in [-0.3, -0.25) is 4.79 Å². The number of thiophene rings is 1. The Morgan fingerprint density at radius 3 is 3.05 bits per heavy atom. The van der Waals surface area contributed by atoms with Crippen molar-refractivity contribution < 1.29 is 13.7 Å². The lowest BCUT2D eigenvalue weighted by atomic mass is 10.2. The molecule has 22 heavy (non-hydrogen) atoms. The number of rotatable bonds is 6. The van der Waals surface area contributed by atoms with Crippen molar-refractivity contribution in [3.63, 3.8) is 0 Å². The summed E-state index contributed by atoms with van der Waals surface area (Å²) in [4.78, 5) is 17.2. The Labute approximate surface area is 131 Å². The molecule has 1 N–H and O–H groups in total. The van der Waals surface area contributed by atoms with Crippen LogP contribution in [0.1, 0.15) is 31.0 Å². The van der Waals surface area contributed by atoms with Crippen LogP contribution in [-0.2, 0) is 11.2 Å². The molecule has 1 amide bonds. The van der Waals surface area contributed by atoms with E-state index in [-0.39, 0.29) is 18.4 Å². The third kappa shape index (κ3) is 3.43. The Kier molecular flexibility index (Phi) is 4.34. The summed E-state index contributed by atoms with van der Waals surface area (Å²) in [6, 6.07) is 7.32. The van der Waals surface area contributed by atoms with Gasteiger partial charge in [-0.05, 0) is 30.5 Å². The fourth-order valence-electron chi connectivity index (χ4n) is 2.01.